The first-order valence-electron chi connectivity index (χ1n) is 4.44. The molecule has 0 aliphatic rings. The maximum Gasteiger partial charge on any atom is 0.239 e. The van der Waals surface area contributed by atoms with Crippen LogP contribution in [0.5, 0.6) is 5.75 Å². The van der Waals surface area contributed by atoms with Crippen LogP contribution in [0.3, 0.4) is 0 Å². The van der Waals surface area contributed by atoms with E-state index in [9.17, 15) is 5.11 Å². The molecule has 0 radical (unpaired) electrons. The van der Waals surface area contributed by atoms with Gasteiger partial charge in [-0.25, -0.2) is 9.97 Å². The number of phenolic OH excluding ortho intramolecular Hbond substituents is 1. The number of hydrogen-bond acceptors (Lipinski definition) is 6. The second-order valence-corrected chi connectivity index (χ2v) is 2.89. The molecule has 1 heterocycles. The lowest BCUT2D eigenvalue weighted by molar-refractivity contribution is 0.477. The van der Waals surface area contributed by atoms with Gasteiger partial charge < -0.3 is 5.11 Å². The first kappa shape index (κ1) is 9.86. The Kier molecular flexibility index (Phi) is 2.61. The van der Waals surface area contributed by atoms with E-state index in [0.717, 1.165) is 0 Å². The lowest BCUT2D eigenvalue weighted by atomic mass is 10.2. The van der Waals surface area contributed by atoms with Crippen LogP contribution in [0.1, 0.15) is 0 Å². The second kappa shape index (κ2) is 4.23. The Hall–Kier alpha value is -2.68. The number of benzene rings is 1. The molecule has 0 spiro atoms. The fraction of sp³-hybridized carbons (Fsp3) is 0. The van der Waals surface area contributed by atoms with Crippen molar-refractivity contribution in [1.29, 1.82) is 5.26 Å². The van der Waals surface area contributed by atoms with E-state index >= 15 is 0 Å². The van der Waals surface area contributed by atoms with Crippen LogP contribution in [-0.4, -0.2) is 20.1 Å². The molecule has 0 aliphatic carbocycles. The lowest BCUT2D eigenvalue weighted by Crippen LogP contribution is -1.98. The van der Waals surface area contributed by atoms with Crippen LogP contribution in [0.4, 0.5) is 5.95 Å². The van der Waals surface area contributed by atoms with Gasteiger partial charge in [0.1, 0.15) is 12.1 Å². The van der Waals surface area contributed by atoms with Crippen LogP contribution in [0, 0.1) is 11.5 Å². The van der Waals surface area contributed by atoms with Crippen LogP contribution < -0.4 is 5.32 Å². The van der Waals surface area contributed by atoms with E-state index in [4.69, 9.17) is 5.26 Å². The highest BCUT2D eigenvalue weighted by Crippen LogP contribution is 2.25. The average molecular weight is 213 g/mol. The van der Waals surface area contributed by atoms with Gasteiger partial charge in [0.2, 0.25) is 5.95 Å². The van der Waals surface area contributed by atoms with E-state index in [1.165, 1.54) is 12.4 Å². The molecule has 0 bridgehead atoms. The van der Waals surface area contributed by atoms with Crippen molar-refractivity contribution in [2.45, 2.75) is 0 Å². The summed E-state index contributed by atoms with van der Waals surface area (Å²) in [5.41, 5.74) is 0.492. The summed E-state index contributed by atoms with van der Waals surface area (Å²) in [6.45, 7) is 0. The quantitative estimate of drug-likeness (QED) is 0.573. The number of nitrogens with zero attached hydrogens (tertiary/aromatic N) is 4. The smallest absolute Gasteiger partial charge is 0.239 e. The van der Waals surface area contributed by atoms with Crippen molar-refractivity contribution < 1.29 is 5.11 Å². The molecule has 6 nitrogen and oxygen atoms in total. The van der Waals surface area contributed by atoms with Crippen LogP contribution in [0.15, 0.2) is 30.6 Å². The summed E-state index contributed by atoms with van der Waals surface area (Å²) in [4.78, 5) is 11.6. The standard InChI is InChI=1S/C10H7N5O/c11-5-12-10-14-6-13-9(15-10)7-3-1-2-4-8(7)16/h1-4,6,16H,(H,12,13,14,15). The fourth-order valence-electron chi connectivity index (χ4n) is 1.20. The van der Waals surface area contributed by atoms with Gasteiger partial charge in [0.25, 0.3) is 0 Å². The molecule has 2 N–H and O–H groups in total. The van der Waals surface area contributed by atoms with E-state index in [2.05, 4.69) is 20.3 Å². The van der Waals surface area contributed by atoms with Crippen molar-refractivity contribution in [1.82, 2.24) is 15.0 Å². The normalized spacial score (nSPS) is 9.44. The van der Waals surface area contributed by atoms with Crippen molar-refractivity contribution in [3.63, 3.8) is 0 Å². The Morgan fingerprint density at radius 1 is 1.25 bits per heavy atom. The molecule has 1 aromatic heterocycles. The summed E-state index contributed by atoms with van der Waals surface area (Å²) in [5.74, 6) is 0.540. The molecule has 0 saturated heterocycles. The Morgan fingerprint density at radius 2 is 2.06 bits per heavy atom. The molecule has 1 aromatic carbocycles. The number of phenols is 1. The molecule has 0 unspecified atom stereocenters. The molecule has 6 heteroatoms. The number of aromatic nitrogens is 3. The molecule has 2 rings (SSSR count). The van der Waals surface area contributed by atoms with Gasteiger partial charge in [-0.05, 0) is 12.1 Å². The van der Waals surface area contributed by atoms with Gasteiger partial charge in [0.05, 0.1) is 5.56 Å². The molecular formula is C10H7N5O. The molecule has 78 valence electrons. The van der Waals surface area contributed by atoms with Gasteiger partial charge >= 0.3 is 0 Å². The van der Waals surface area contributed by atoms with Crippen LogP contribution in [0.2, 0.25) is 0 Å². The molecule has 0 amide bonds. The summed E-state index contributed by atoms with van der Waals surface area (Å²) in [6.07, 6.45) is 2.98. The van der Waals surface area contributed by atoms with Gasteiger partial charge in [-0.2, -0.15) is 10.2 Å². The predicted octanol–water partition coefficient (Wildman–Crippen LogP) is 1.14. The Balaban J connectivity index is 2.45. The van der Waals surface area contributed by atoms with Crippen LogP contribution >= 0.6 is 0 Å². The molecule has 0 aliphatic heterocycles. The Labute approximate surface area is 91.2 Å². The first-order chi connectivity index (χ1) is 7.81. The predicted molar refractivity (Wildman–Crippen MR) is 56.2 cm³/mol. The number of para-hydroxylation sites is 1. The third-order valence-corrected chi connectivity index (χ3v) is 1.88. The van der Waals surface area contributed by atoms with Crippen molar-refractivity contribution in [3.05, 3.63) is 30.6 Å². The molecule has 0 fully saturated rings. The number of hydrogen-bond donors (Lipinski definition) is 2. The Morgan fingerprint density at radius 3 is 2.81 bits per heavy atom. The topological polar surface area (TPSA) is 94.7 Å². The lowest BCUT2D eigenvalue weighted by Gasteiger charge is -2.02. The zero-order valence-corrected chi connectivity index (χ0v) is 8.12. The number of rotatable bonds is 2. The number of nitriles is 1. The minimum atomic E-state index is 0.0802. The van der Waals surface area contributed by atoms with Gasteiger partial charge in [-0.15, -0.1) is 0 Å². The van der Waals surface area contributed by atoms with E-state index in [-0.39, 0.29) is 11.7 Å². The van der Waals surface area contributed by atoms with Gasteiger partial charge in [0.15, 0.2) is 12.0 Å². The number of aromatic hydroxyl groups is 1. The van der Waals surface area contributed by atoms with Crippen LogP contribution in [0.25, 0.3) is 11.4 Å². The van der Waals surface area contributed by atoms with Crippen molar-refractivity contribution >= 4 is 5.95 Å². The maximum absolute atomic E-state index is 9.60. The van der Waals surface area contributed by atoms with Crippen molar-refractivity contribution in [3.8, 4) is 23.3 Å². The third-order valence-electron chi connectivity index (χ3n) is 1.88. The maximum atomic E-state index is 9.60. The number of anilines is 1. The minimum Gasteiger partial charge on any atom is -0.507 e. The molecule has 0 atom stereocenters. The number of nitrogens with one attached hydrogen (secondary N) is 1. The monoisotopic (exact) mass is 213 g/mol. The highest BCUT2D eigenvalue weighted by atomic mass is 16.3. The summed E-state index contributed by atoms with van der Waals surface area (Å²) in [6, 6.07) is 6.68. The zero-order chi connectivity index (χ0) is 11.4. The molecule has 2 aromatic rings. The van der Waals surface area contributed by atoms with E-state index in [1.54, 1.807) is 24.4 Å². The molecule has 0 saturated carbocycles. The molecular weight excluding hydrogens is 206 g/mol. The van der Waals surface area contributed by atoms with E-state index < -0.39 is 0 Å². The summed E-state index contributed by atoms with van der Waals surface area (Å²) < 4.78 is 0. The van der Waals surface area contributed by atoms with Crippen molar-refractivity contribution in [2.24, 2.45) is 0 Å². The highest BCUT2D eigenvalue weighted by molar-refractivity contribution is 5.63. The largest absolute Gasteiger partial charge is 0.507 e. The summed E-state index contributed by atoms with van der Waals surface area (Å²) >= 11 is 0. The van der Waals surface area contributed by atoms with Crippen molar-refractivity contribution in [2.75, 3.05) is 5.32 Å². The average Bonchev–Trinajstić information content (AvgIpc) is 2.30. The summed E-state index contributed by atoms with van der Waals surface area (Å²) in [5, 5.41) is 20.3. The highest BCUT2D eigenvalue weighted by Gasteiger charge is 2.07. The Bertz CT molecular complexity index is 549. The SMILES string of the molecule is N#CNc1ncnc(-c2ccccc2O)n1. The summed E-state index contributed by atoms with van der Waals surface area (Å²) in [7, 11) is 0. The third kappa shape index (κ3) is 1.88. The first-order valence-corrected chi connectivity index (χ1v) is 4.44. The van der Waals surface area contributed by atoms with Gasteiger partial charge in [-0.1, -0.05) is 12.1 Å². The molecule has 16 heavy (non-hydrogen) atoms. The van der Waals surface area contributed by atoms with Gasteiger partial charge in [-0.3, -0.25) is 5.32 Å². The van der Waals surface area contributed by atoms with Crippen LogP contribution in [-0.2, 0) is 0 Å². The fourth-order valence-corrected chi connectivity index (χ4v) is 1.20. The minimum absolute atomic E-state index is 0.0802. The zero-order valence-electron chi connectivity index (χ0n) is 8.12. The van der Waals surface area contributed by atoms with Gasteiger partial charge in [0, 0.05) is 0 Å². The van der Waals surface area contributed by atoms with E-state index in [0.29, 0.717) is 11.4 Å². The van der Waals surface area contributed by atoms with E-state index in [1.807, 2.05) is 0 Å². The second-order valence-electron chi connectivity index (χ2n) is 2.89.